The smallest absolute Gasteiger partial charge is 0.335 e. The second kappa shape index (κ2) is 7.04. The van der Waals surface area contributed by atoms with Gasteiger partial charge in [0.15, 0.2) is 11.5 Å². The maximum atomic E-state index is 11.1. The van der Waals surface area contributed by atoms with Crippen molar-refractivity contribution in [3.63, 3.8) is 0 Å². The molecule has 2 aromatic carbocycles. The summed E-state index contributed by atoms with van der Waals surface area (Å²) in [6.45, 7) is 0.207. The molecule has 2 aromatic rings. The monoisotopic (exact) mass is 322 g/mol. The van der Waals surface area contributed by atoms with Gasteiger partial charge in [-0.1, -0.05) is 29.8 Å². The molecule has 1 N–H and O–H groups in total. The Kier molecular flexibility index (Phi) is 5.12. The number of halogens is 1. The Morgan fingerprint density at radius 3 is 2.23 bits per heavy atom. The van der Waals surface area contributed by atoms with Crippen LogP contribution in [-0.2, 0) is 6.61 Å². The van der Waals surface area contributed by atoms with E-state index in [9.17, 15) is 4.79 Å². The summed E-state index contributed by atoms with van der Waals surface area (Å²) >= 11 is 6.08. The van der Waals surface area contributed by atoms with Gasteiger partial charge in [-0.2, -0.15) is 0 Å². The molecule has 0 fully saturated rings. The van der Waals surface area contributed by atoms with Gasteiger partial charge in [0.1, 0.15) is 6.61 Å². The quantitative estimate of drug-likeness (QED) is 0.879. The number of rotatable bonds is 6. The minimum absolute atomic E-state index is 0.0544. The first-order valence-electron chi connectivity index (χ1n) is 6.42. The predicted octanol–water partition coefficient (Wildman–Crippen LogP) is 3.63. The summed E-state index contributed by atoms with van der Waals surface area (Å²) < 4.78 is 16.1. The van der Waals surface area contributed by atoms with E-state index in [1.807, 2.05) is 18.2 Å². The molecule has 0 heterocycles. The van der Waals surface area contributed by atoms with Gasteiger partial charge in [-0.25, -0.2) is 4.79 Å². The average molecular weight is 323 g/mol. The molecule has 0 atom stereocenters. The number of carbonyl (C=O) groups is 1. The Hall–Kier alpha value is -2.40. The van der Waals surface area contributed by atoms with Gasteiger partial charge in [0, 0.05) is 10.6 Å². The van der Waals surface area contributed by atoms with Crippen molar-refractivity contribution in [3.8, 4) is 17.2 Å². The maximum absolute atomic E-state index is 11.1. The van der Waals surface area contributed by atoms with E-state index >= 15 is 0 Å². The number of methoxy groups -OCH3 is 2. The lowest BCUT2D eigenvalue weighted by Crippen LogP contribution is -2.04. The molecule has 0 aromatic heterocycles. The molecule has 6 heteroatoms. The normalized spacial score (nSPS) is 10.1. The Morgan fingerprint density at radius 2 is 1.73 bits per heavy atom. The van der Waals surface area contributed by atoms with Crippen LogP contribution in [0.15, 0.2) is 36.4 Å². The summed E-state index contributed by atoms with van der Waals surface area (Å²) in [5.74, 6) is -0.184. The average Bonchev–Trinajstić information content (AvgIpc) is 2.53. The molecule has 0 radical (unpaired) electrons. The summed E-state index contributed by atoms with van der Waals surface area (Å²) in [5, 5.41) is 9.68. The van der Waals surface area contributed by atoms with E-state index in [0.717, 1.165) is 5.56 Å². The van der Waals surface area contributed by atoms with E-state index < -0.39 is 5.97 Å². The zero-order valence-corrected chi connectivity index (χ0v) is 12.9. The molecule has 0 bridgehead atoms. The van der Waals surface area contributed by atoms with Gasteiger partial charge in [0.05, 0.1) is 19.8 Å². The summed E-state index contributed by atoms with van der Waals surface area (Å²) in [4.78, 5) is 11.1. The number of hydrogen-bond acceptors (Lipinski definition) is 4. The second-order valence-corrected chi connectivity index (χ2v) is 4.80. The highest BCUT2D eigenvalue weighted by atomic mass is 35.5. The summed E-state index contributed by atoms with van der Waals surface area (Å²) in [5.41, 5.74) is 0.856. The number of aromatic carboxylic acids is 1. The molecule has 2 rings (SSSR count). The van der Waals surface area contributed by atoms with Crippen LogP contribution in [0, 0.1) is 0 Å². The van der Waals surface area contributed by atoms with Crippen LogP contribution >= 0.6 is 11.6 Å². The summed E-state index contributed by atoms with van der Waals surface area (Å²) in [7, 11) is 2.87. The molecular weight excluding hydrogens is 308 g/mol. The lowest BCUT2D eigenvalue weighted by atomic mass is 10.2. The lowest BCUT2D eigenvalue weighted by molar-refractivity contribution is 0.0696. The first-order valence-corrected chi connectivity index (χ1v) is 6.80. The fraction of sp³-hybridized carbons (Fsp3) is 0.188. The summed E-state index contributed by atoms with van der Waals surface area (Å²) in [6, 6.07) is 10.1. The molecule has 0 spiro atoms. The van der Waals surface area contributed by atoms with Crippen molar-refractivity contribution in [2.45, 2.75) is 6.61 Å². The minimum atomic E-state index is -1.07. The van der Waals surface area contributed by atoms with Gasteiger partial charge in [-0.05, 0) is 18.2 Å². The van der Waals surface area contributed by atoms with Crippen molar-refractivity contribution >= 4 is 17.6 Å². The number of carboxylic acids is 1. The fourth-order valence-corrected chi connectivity index (χ4v) is 2.10. The highest BCUT2D eigenvalue weighted by Crippen LogP contribution is 2.39. The van der Waals surface area contributed by atoms with Gasteiger partial charge >= 0.3 is 5.97 Å². The molecule has 0 saturated carbocycles. The van der Waals surface area contributed by atoms with Crippen LogP contribution in [0.25, 0.3) is 0 Å². The topological polar surface area (TPSA) is 65.0 Å². The Balaban J connectivity index is 2.33. The molecule has 0 aliphatic rings. The SMILES string of the molecule is COc1cc(C(=O)O)cc(OC)c1OCc1ccccc1Cl. The van der Waals surface area contributed by atoms with E-state index in [2.05, 4.69) is 0 Å². The lowest BCUT2D eigenvalue weighted by Gasteiger charge is -2.15. The first kappa shape index (κ1) is 16.0. The third kappa shape index (κ3) is 3.43. The van der Waals surface area contributed by atoms with E-state index in [0.29, 0.717) is 10.8 Å². The van der Waals surface area contributed by atoms with E-state index in [4.69, 9.17) is 30.9 Å². The van der Waals surface area contributed by atoms with E-state index in [-0.39, 0.29) is 23.7 Å². The summed E-state index contributed by atoms with van der Waals surface area (Å²) in [6.07, 6.45) is 0. The minimum Gasteiger partial charge on any atom is -0.493 e. The largest absolute Gasteiger partial charge is 0.493 e. The van der Waals surface area contributed by atoms with E-state index in [1.54, 1.807) is 6.07 Å². The molecule has 22 heavy (non-hydrogen) atoms. The van der Waals surface area contributed by atoms with Crippen molar-refractivity contribution in [3.05, 3.63) is 52.5 Å². The van der Waals surface area contributed by atoms with Crippen molar-refractivity contribution in [2.24, 2.45) is 0 Å². The maximum Gasteiger partial charge on any atom is 0.335 e. The van der Waals surface area contributed by atoms with Crippen molar-refractivity contribution in [1.82, 2.24) is 0 Å². The molecule has 5 nitrogen and oxygen atoms in total. The molecule has 0 saturated heterocycles. The number of ether oxygens (including phenoxy) is 3. The van der Waals surface area contributed by atoms with Crippen LogP contribution in [0.1, 0.15) is 15.9 Å². The third-order valence-electron chi connectivity index (χ3n) is 3.04. The molecular formula is C16H15ClO5. The van der Waals surface area contributed by atoms with Gasteiger partial charge in [-0.3, -0.25) is 0 Å². The standard InChI is InChI=1S/C16H15ClO5/c1-20-13-7-11(16(18)19)8-14(21-2)15(13)22-9-10-5-3-4-6-12(10)17/h3-8H,9H2,1-2H3,(H,18,19). The van der Waals surface area contributed by atoms with Gasteiger partial charge < -0.3 is 19.3 Å². The number of carboxylic acid groups (broad SMARTS) is 1. The highest BCUT2D eigenvalue weighted by Gasteiger charge is 2.17. The second-order valence-electron chi connectivity index (χ2n) is 4.40. The zero-order chi connectivity index (χ0) is 16.1. The van der Waals surface area contributed by atoms with Crippen molar-refractivity contribution in [1.29, 1.82) is 0 Å². The van der Waals surface area contributed by atoms with Crippen LogP contribution in [0.3, 0.4) is 0 Å². The van der Waals surface area contributed by atoms with Crippen LogP contribution in [0.5, 0.6) is 17.2 Å². The number of benzene rings is 2. The third-order valence-corrected chi connectivity index (χ3v) is 3.41. The van der Waals surface area contributed by atoms with Crippen LogP contribution in [0.4, 0.5) is 0 Å². The van der Waals surface area contributed by atoms with Crippen LogP contribution < -0.4 is 14.2 Å². The highest BCUT2D eigenvalue weighted by molar-refractivity contribution is 6.31. The molecule has 0 amide bonds. The molecule has 0 aliphatic carbocycles. The fourth-order valence-electron chi connectivity index (χ4n) is 1.91. The van der Waals surface area contributed by atoms with E-state index in [1.165, 1.54) is 26.4 Å². The van der Waals surface area contributed by atoms with Crippen molar-refractivity contribution in [2.75, 3.05) is 14.2 Å². The zero-order valence-electron chi connectivity index (χ0n) is 12.1. The Morgan fingerprint density at radius 1 is 1.14 bits per heavy atom. The van der Waals surface area contributed by atoms with Gasteiger partial charge in [0.25, 0.3) is 0 Å². The first-order chi connectivity index (χ1) is 10.6. The number of hydrogen-bond donors (Lipinski definition) is 1. The molecule has 116 valence electrons. The van der Waals surface area contributed by atoms with Crippen LogP contribution in [-0.4, -0.2) is 25.3 Å². The van der Waals surface area contributed by atoms with Crippen LogP contribution in [0.2, 0.25) is 5.02 Å². The van der Waals surface area contributed by atoms with Gasteiger partial charge in [0.2, 0.25) is 5.75 Å². The Bertz CT molecular complexity index is 659. The van der Waals surface area contributed by atoms with Gasteiger partial charge in [-0.15, -0.1) is 0 Å². The predicted molar refractivity (Wildman–Crippen MR) is 82.3 cm³/mol. The van der Waals surface area contributed by atoms with Crippen molar-refractivity contribution < 1.29 is 24.1 Å². The molecule has 0 aliphatic heterocycles. The molecule has 0 unspecified atom stereocenters. The Labute approximate surface area is 133 Å².